The molecule has 1 aliphatic heterocycles. The van der Waals surface area contributed by atoms with Gasteiger partial charge in [0.2, 0.25) is 0 Å². The van der Waals surface area contributed by atoms with Crippen molar-refractivity contribution in [3.63, 3.8) is 0 Å². The zero-order valence-corrected chi connectivity index (χ0v) is 14.2. The molecule has 6 nitrogen and oxygen atoms in total. The molecule has 1 heterocycles. The summed E-state index contributed by atoms with van der Waals surface area (Å²) in [5.74, 6) is -1.10. The Balaban J connectivity index is 1.73. The fourth-order valence-corrected chi connectivity index (χ4v) is 4.68. The first kappa shape index (κ1) is 17.2. The standard InChI is InChI=1S/C18H18N2O4S/c21-17(13-7-3-1-4-8-13)19-15-11-25(23,24)12-16(15)20-18(22)14-9-5-2-6-10-14/h1-10,15-16H,11-12H2,(H,19,21)(H,20,22)/t15-,16-/m1/s1. The molecule has 7 heteroatoms. The largest absolute Gasteiger partial charge is 0.346 e. The van der Waals surface area contributed by atoms with Crippen LogP contribution >= 0.6 is 0 Å². The van der Waals surface area contributed by atoms with Crippen LogP contribution in [0.25, 0.3) is 0 Å². The molecule has 2 aromatic carbocycles. The van der Waals surface area contributed by atoms with Crippen LogP contribution in [0.5, 0.6) is 0 Å². The number of nitrogens with one attached hydrogen (secondary N) is 2. The van der Waals surface area contributed by atoms with E-state index in [0.717, 1.165) is 0 Å². The predicted octanol–water partition coefficient (Wildman–Crippen LogP) is 1.01. The lowest BCUT2D eigenvalue weighted by Crippen LogP contribution is -2.51. The normalized spacial score (nSPS) is 21.4. The minimum Gasteiger partial charge on any atom is -0.346 e. The summed E-state index contributed by atoms with van der Waals surface area (Å²) in [6, 6.07) is 15.8. The Labute approximate surface area is 146 Å². The number of hydrogen-bond donors (Lipinski definition) is 2. The van der Waals surface area contributed by atoms with Crippen molar-refractivity contribution < 1.29 is 18.0 Å². The second-order valence-electron chi connectivity index (χ2n) is 5.97. The lowest BCUT2D eigenvalue weighted by atomic mass is 10.1. The molecule has 0 unspecified atom stereocenters. The molecule has 2 atom stereocenters. The zero-order valence-electron chi connectivity index (χ0n) is 13.4. The van der Waals surface area contributed by atoms with E-state index in [1.165, 1.54) is 0 Å². The van der Waals surface area contributed by atoms with Crippen molar-refractivity contribution in [1.82, 2.24) is 10.6 Å². The Morgan fingerprint density at radius 2 is 1.08 bits per heavy atom. The number of rotatable bonds is 4. The van der Waals surface area contributed by atoms with E-state index < -0.39 is 21.9 Å². The summed E-state index contributed by atoms with van der Waals surface area (Å²) in [5.41, 5.74) is 0.889. The maximum atomic E-state index is 12.3. The molecule has 0 aromatic heterocycles. The van der Waals surface area contributed by atoms with Gasteiger partial charge in [-0.3, -0.25) is 9.59 Å². The van der Waals surface area contributed by atoms with Crippen molar-refractivity contribution >= 4 is 21.7 Å². The van der Waals surface area contributed by atoms with Gasteiger partial charge in [0.15, 0.2) is 9.84 Å². The first-order chi connectivity index (χ1) is 11.9. The molecule has 0 aliphatic carbocycles. The molecular formula is C18H18N2O4S. The predicted molar refractivity (Wildman–Crippen MR) is 94.0 cm³/mol. The Kier molecular flexibility index (Phi) is 4.85. The molecular weight excluding hydrogens is 340 g/mol. The highest BCUT2D eigenvalue weighted by Crippen LogP contribution is 2.15. The summed E-state index contributed by atoms with van der Waals surface area (Å²) in [6.07, 6.45) is 0. The molecule has 1 saturated heterocycles. The van der Waals surface area contributed by atoms with E-state index in [1.807, 2.05) is 0 Å². The van der Waals surface area contributed by atoms with Crippen LogP contribution in [0.2, 0.25) is 0 Å². The van der Waals surface area contributed by atoms with Crippen LogP contribution in [0.4, 0.5) is 0 Å². The highest BCUT2D eigenvalue weighted by molar-refractivity contribution is 7.91. The summed E-state index contributed by atoms with van der Waals surface area (Å²) < 4.78 is 24.0. The van der Waals surface area contributed by atoms with E-state index >= 15 is 0 Å². The third-order valence-electron chi connectivity index (χ3n) is 4.06. The van der Waals surface area contributed by atoms with Gasteiger partial charge in [-0.15, -0.1) is 0 Å². The monoisotopic (exact) mass is 358 g/mol. The Morgan fingerprint density at radius 1 is 0.720 bits per heavy atom. The van der Waals surface area contributed by atoms with Gasteiger partial charge in [0.05, 0.1) is 23.6 Å². The third kappa shape index (κ3) is 4.24. The molecule has 2 amide bonds. The molecule has 25 heavy (non-hydrogen) atoms. The topological polar surface area (TPSA) is 92.3 Å². The zero-order chi connectivity index (χ0) is 17.9. The minimum absolute atomic E-state index is 0.189. The van der Waals surface area contributed by atoms with Crippen molar-refractivity contribution in [2.24, 2.45) is 0 Å². The Bertz CT molecular complexity index is 799. The van der Waals surface area contributed by atoms with E-state index in [2.05, 4.69) is 10.6 Å². The summed E-state index contributed by atoms with van der Waals surface area (Å²) in [6.45, 7) is 0. The van der Waals surface area contributed by atoms with Gasteiger partial charge in [0.1, 0.15) is 0 Å². The second-order valence-corrected chi connectivity index (χ2v) is 8.12. The molecule has 0 radical (unpaired) electrons. The Morgan fingerprint density at radius 3 is 1.44 bits per heavy atom. The Hall–Kier alpha value is -2.67. The van der Waals surface area contributed by atoms with Gasteiger partial charge in [-0.05, 0) is 24.3 Å². The second kappa shape index (κ2) is 7.06. The number of carbonyl (C=O) groups is 2. The smallest absolute Gasteiger partial charge is 0.251 e. The van der Waals surface area contributed by atoms with Crippen molar-refractivity contribution in [2.75, 3.05) is 11.5 Å². The number of amides is 2. The number of benzene rings is 2. The van der Waals surface area contributed by atoms with Gasteiger partial charge >= 0.3 is 0 Å². The van der Waals surface area contributed by atoms with Crippen LogP contribution in [0.1, 0.15) is 20.7 Å². The van der Waals surface area contributed by atoms with Crippen LogP contribution in [0.3, 0.4) is 0 Å². The van der Waals surface area contributed by atoms with E-state index in [1.54, 1.807) is 60.7 Å². The van der Waals surface area contributed by atoms with Gasteiger partial charge in [-0.25, -0.2) is 8.42 Å². The molecule has 1 fully saturated rings. The summed E-state index contributed by atoms with van der Waals surface area (Å²) in [5, 5.41) is 5.45. The average molecular weight is 358 g/mol. The highest BCUT2D eigenvalue weighted by atomic mass is 32.2. The summed E-state index contributed by atoms with van der Waals surface area (Å²) in [7, 11) is -3.33. The molecule has 0 saturated carbocycles. The third-order valence-corrected chi connectivity index (χ3v) is 5.79. The maximum Gasteiger partial charge on any atom is 0.251 e. The van der Waals surface area contributed by atoms with E-state index in [4.69, 9.17) is 0 Å². The molecule has 0 spiro atoms. The van der Waals surface area contributed by atoms with E-state index in [-0.39, 0.29) is 23.3 Å². The molecule has 0 bridgehead atoms. The number of sulfone groups is 1. The molecule has 1 aliphatic rings. The van der Waals surface area contributed by atoms with Gasteiger partial charge < -0.3 is 10.6 Å². The molecule has 130 valence electrons. The van der Waals surface area contributed by atoms with E-state index in [9.17, 15) is 18.0 Å². The first-order valence-corrected chi connectivity index (χ1v) is 9.69. The number of hydrogen-bond acceptors (Lipinski definition) is 4. The van der Waals surface area contributed by atoms with Crippen molar-refractivity contribution in [2.45, 2.75) is 12.1 Å². The van der Waals surface area contributed by atoms with Gasteiger partial charge in [-0.2, -0.15) is 0 Å². The lowest BCUT2D eigenvalue weighted by molar-refractivity contribution is 0.0896. The maximum absolute atomic E-state index is 12.3. The summed E-state index contributed by atoms with van der Waals surface area (Å²) in [4.78, 5) is 24.6. The first-order valence-electron chi connectivity index (χ1n) is 7.87. The van der Waals surface area contributed by atoms with Gasteiger partial charge in [-0.1, -0.05) is 36.4 Å². The average Bonchev–Trinajstić information content (AvgIpc) is 2.89. The van der Waals surface area contributed by atoms with Gasteiger partial charge in [0.25, 0.3) is 11.8 Å². The van der Waals surface area contributed by atoms with Gasteiger partial charge in [0, 0.05) is 11.1 Å². The van der Waals surface area contributed by atoms with Crippen molar-refractivity contribution in [3.05, 3.63) is 71.8 Å². The fraction of sp³-hybridized carbons (Fsp3) is 0.222. The lowest BCUT2D eigenvalue weighted by Gasteiger charge is -2.21. The van der Waals surface area contributed by atoms with Crippen molar-refractivity contribution in [3.8, 4) is 0 Å². The highest BCUT2D eigenvalue weighted by Gasteiger charge is 2.39. The molecule has 3 rings (SSSR count). The van der Waals surface area contributed by atoms with E-state index in [0.29, 0.717) is 11.1 Å². The summed E-state index contributed by atoms with van der Waals surface area (Å²) >= 11 is 0. The van der Waals surface area contributed by atoms with Crippen LogP contribution in [0, 0.1) is 0 Å². The van der Waals surface area contributed by atoms with Crippen LogP contribution in [-0.2, 0) is 9.84 Å². The van der Waals surface area contributed by atoms with Crippen LogP contribution < -0.4 is 10.6 Å². The molecule has 2 N–H and O–H groups in total. The van der Waals surface area contributed by atoms with Crippen LogP contribution in [0.15, 0.2) is 60.7 Å². The van der Waals surface area contributed by atoms with Crippen molar-refractivity contribution in [1.29, 1.82) is 0 Å². The molecule has 2 aromatic rings. The number of carbonyl (C=O) groups excluding carboxylic acids is 2. The van der Waals surface area contributed by atoms with Crippen LogP contribution in [-0.4, -0.2) is 43.8 Å². The SMILES string of the molecule is O=C(N[C@@H]1CS(=O)(=O)C[C@H]1NC(=O)c1ccccc1)c1ccccc1. The fourth-order valence-electron chi connectivity index (χ4n) is 2.81. The minimum atomic E-state index is -3.33. The quantitative estimate of drug-likeness (QED) is 0.853.